The number of likely N-dealkylation sites (tertiary alicyclic amines) is 1. The number of piperidine rings is 1. The molecule has 1 atom stereocenters. The average molecular weight is 437 g/mol. The first-order valence-electron chi connectivity index (χ1n) is 11.1. The third-order valence-electron chi connectivity index (χ3n) is 6.33. The third-order valence-corrected chi connectivity index (χ3v) is 6.33. The Morgan fingerprint density at radius 1 is 0.781 bits per heavy atom. The molecule has 0 amide bonds. The summed E-state index contributed by atoms with van der Waals surface area (Å²) in [6.45, 7) is 3.13. The Balaban J connectivity index is 1.85. The summed E-state index contributed by atoms with van der Waals surface area (Å²) in [5.74, 6) is 2.96. The lowest BCUT2D eigenvalue weighted by atomic mass is 9.90. The van der Waals surface area contributed by atoms with Gasteiger partial charge in [-0.2, -0.15) is 0 Å². The van der Waals surface area contributed by atoms with Crippen LogP contribution in [-0.2, 0) is 0 Å². The lowest BCUT2D eigenvalue weighted by molar-refractivity contribution is 0.222. The summed E-state index contributed by atoms with van der Waals surface area (Å²) in [4.78, 5) is 7.43. The standard InChI is InChI=1S/C26H32N2O4/c1-29-22-9-8-18(14-23(22)30-2)21(17-28-12-6-5-7-13-28)26-20-16-25(32-4)24(31-3)15-19(20)10-11-27-26/h8-11,14-16,21H,5-7,12-13,17H2,1-4H3. The molecule has 0 aliphatic carbocycles. The second-order valence-electron chi connectivity index (χ2n) is 8.15. The molecule has 6 nitrogen and oxygen atoms in total. The summed E-state index contributed by atoms with van der Waals surface area (Å²) in [7, 11) is 6.66. The predicted molar refractivity (Wildman–Crippen MR) is 127 cm³/mol. The molecule has 0 saturated carbocycles. The number of aromatic nitrogens is 1. The van der Waals surface area contributed by atoms with E-state index in [9.17, 15) is 0 Å². The molecular formula is C26H32N2O4. The first-order valence-corrected chi connectivity index (χ1v) is 11.1. The molecule has 170 valence electrons. The monoisotopic (exact) mass is 436 g/mol. The van der Waals surface area contributed by atoms with Crippen molar-refractivity contribution < 1.29 is 18.9 Å². The maximum atomic E-state index is 5.61. The van der Waals surface area contributed by atoms with Gasteiger partial charge in [-0.15, -0.1) is 0 Å². The number of hydrogen-bond donors (Lipinski definition) is 0. The first kappa shape index (κ1) is 22.2. The van der Waals surface area contributed by atoms with E-state index in [1.165, 1.54) is 19.3 Å². The smallest absolute Gasteiger partial charge is 0.161 e. The summed E-state index contributed by atoms with van der Waals surface area (Å²) < 4.78 is 22.2. The molecule has 4 rings (SSSR count). The normalized spacial score (nSPS) is 15.4. The van der Waals surface area contributed by atoms with Crippen molar-refractivity contribution in [2.24, 2.45) is 0 Å². The van der Waals surface area contributed by atoms with Crippen LogP contribution >= 0.6 is 0 Å². The van der Waals surface area contributed by atoms with Crippen LogP contribution in [0.4, 0.5) is 0 Å². The van der Waals surface area contributed by atoms with Gasteiger partial charge in [-0.1, -0.05) is 12.5 Å². The Hall–Kier alpha value is -2.99. The highest BCUT2D eigenvalue weighted by atomic mass is 16.5. The van der Waals surface area contributed by atoms with Crippen molar-refractivity contribution >= 4 is 10.8 Å². The first-order chi connectivity index (χ1) is 15.7. The van der Waals surface area contributed by atoms with Gasteiger partial charge in [-0.3, -0.25) is 4.98 Å². The van der Waals surface area contributed by atoms with Crippen LogP contribution in [0.15, 0.2) is 42.6 Å². The van der Waals surface area contributed by atoms with Crippen molar-refractivity contribution in [1.29, 1.82) is 0 Å². The van der Waals surface area contributed by atoms with Gasteiger partial charge in [-0.25, -0.2) is 0 Å². The Bertz CT molecular complexity index is 1060. The number of methoxy groups -OCH3 is 4. The minimum atomic E-state index is 0.0784. The molecule has 3 aromatic rings. The number of fused-ring (bicyclic) bond motifs is 1. The number of ether oxygens (including phenoxy) is 4. The van der Waals surface area contributed by atoms with E-state index >= 15 is 0 Å². The SMILES string of the molecule is COc1ccc(C(CN2CCCCC2)c2nccc3cc(OC)c(OC)cc23)cc1OC. The topological polar surface area (TPSA) is 53.1 Å². The molecule has 1 aliphatic rings. The van der Waals surface area contributed by atoms with Crippen LogP contribution in [0.3, 0.4) is 0 Å². The average Bonchev–Trinajstić information content (AvgIpc) is 2.86. The zero-order valence-corrected chi connectivity index (χ0v) is 19.4. The Morgan fingerprint density at radius 3 is 2.12 bits per heavy atom. The van der Waals surface area contributed by atoms with E-state index in [-0.39, 0.29) is 5.92 Å². The Labute approximate surface area is 190 Å². The fraction of sp³-hybridized carbons (Fsp3) is 0.423. The largest absolute Gasteiger partial charge is 0.493 e. The van der Waals surface area contributed by atoms with E-state index in [0.717, 1.165) is 58.9 Å². The highest BCUT2D eigenvalue weighted by Gasteiger charge is 2.24. The highest BCUT2D eigenvalue weighted by Crippen LogP contribution is 2.39. The summed E-state index contributed by atoms with van der Waals surface area (Å²) in [5.41, 5.74) is 2.18. The number of hydrogen-bond acceptors (Lipinski definition) is 6. The second-order valence-corrected chi connectivity index (χ2v) is 8.15. The van der Waals surface area contributed by atoms with Gasteiger partial charge in [0.15, 0.2) is 23.0 Å². The van der Waals surface area contributed by atoms with E-state index in [2.05, 4.69) is 17.0 Å². The van der Waals surface area contributed by atoms with Crippen LogP contribution in [0.5, 0.6) is 23.0 Å². The van der Waals surface area contributed by atoms with E-state index in [4.69, 9.17) is 23.9 Å². The minimum Gasteiger partial charge on any atom is -0.493 e. The molecule has 1 aromatic heterocycles. The molecule has 1 aliphatic heterocycles. The van der Waals surface area contributed by atoms with Crippen LogP contribution in [0, 0.1) is 0 Å². The lowest BCUT2D eigenvalue weighted by Crippen LogP contribution is -2.34. The zero-order chi connectivity index (χ0) is 22.5. The lowest BCUT2D eigenvalue weighted by Gasteiger charge is -2.31. The molecule has 6 heteroatoms. The minimum absolute atomic E-state index is 0.0784. The van der Waals surface area contributed by atoms with Crippen molar-refractivity contribution in [3.05, 3.63) is 53.9 Å². The maximum absolute atomic E-state index is 5.61. The quantitative estimate of drug-likeness (QED) is 0.501. The Kier molecular flexibility index (Phi) is 7.00. The molecule has 2 heterocycles. The van der Waals surface area contributed by atoms with Crippen LogP contribution in [-0.4, -0.2) is 58.0 Å². The van der Waals surface area contributed by atoms with Gasteiger partial charge in [0.25, 0.3) is 0 Å². The molecule has 0 radical (unpaired) electrons. The van der Waals surface area contributed by atoms with Gasteiger partial charge in [0, 0.05) is 24.0 Å². The summed E-state index contributed by atoms with van der Waals surface area (Å²) in [5, 5.41) is 2.15. The second kappa shape index (κ2) is 10.1. The van der Waals surface area contributed by atoms with Gasteiger partial charge in [0.2, 0.25) is 0 Å². The van der Waals surface area contributed by atoms with E-state index < -0.39 is 0 Å². The van der Waals surface area contributed by atoms with Gasteiger partial charge < -0.3 is 23.8 Å². The van der Waals surface area contributed by atoms with Crippen molar-refractivity contribution in [3.8, 4) is 23.0 Å². The van der Waals surface area contributed by atoms with Gasteiger partial charge in [0.05, 0.1) is 34.1 Å². The van der Waals surface area contributed by atoms with Crippen LogP contribution in [0.2, 0.25) is 0 Å². The van der Waals surface area contributed by atoms with E-state index in [1.807, 2.05) is 30.5 Å². The predicted octanol–water partition coefficient (Wildman–Crippen LogP) is 4.89. The van der Waals surface area contributed by atoms with Gasteiger partial charge >= 0.3 is 0 Å². The molecule has 0 bridgehead atoms. The van der Waals surface area contributed by atoms with E-state index in [0.29, 0.717) is 5.75 Å². The van der Waals surface area contributed by atoms with Crippen molar-refractivity contribution in [1.82, 2.24) is 9.88 Å². The number of nitrogens with zero attached hydrogens (tertiary/aromatic N) is 2. The van der Waals surface area contributed by atoms with Crippen LogP contribution < -0.4 is 18.9 Å². The Morgan fingerprint density at radius 2 is 1.44 bits per heavy atom. The third kappa shape index (κ3) is 4.46. The van der Waals surface area contributed by atoms with Crippen molar-refractivity contribution in [2.75, 3.05) is 48.1 Å². The fourth-order valence-corrected chi connectivity index (χ4v) is 4.62. The molecule has 1 unspecified atom stereocenters. The molecule has 0 spiro atoms. The molecule has 1 fully saturated rings. The molecule has 32 heavy (non-hydrogen) atoms. The van der Waals surface area contributed by atoms with Gasteiger partial charge in [-0.05, 0) is 67.2 Å². The van der Waals surface area contributed by atoms with Crippen LogP contribution in [0.1, 0.15) is 36.4 Å². The zero-order valence-electron chi connectivity index (χ0n) is 19.4. The summed E-state index contributed by atoms with van der Waals surface area (Å²) >= 11 is 0. The summed E-state index contributed by atoms with van der Waals surface area (Å²) in [6, 6.07) is 12.3. The van der Waals surface area contributed by atoms with Crippen molar-refractivity contribution in [3.63, 3.8) is 0 Å². The molecule has 2 aromatic carbocycles. The van der Waals surface area contributed by atoms with E-state index in [1.54, 1.807) is 28.4 Å². The van der Waals surface area contributed by atoms with Crippen LogP contribution in [0.25, 0.3) is 10.8 Å². The number of pyridine rings is 1. The summed E-state index contributed by atoms with van der Waals surface area (Å²) in [6.07, 6.45) is 5.67. The molecular weight excluding hydrogens is 404 g/mol. The number of benzene rings is 2. The van der Waals surface area contributed by atoms with Crippen molar-refractivity contribution in [2.45, 2.75) is 25.2 Å². The highest BCUT2D eigenvalue weighted by molar-refractivity contribution is 5.88. The maximum Gasteiger partial charge on any atom is 0.161 e. The molecule has 0 N–H and O–H groups in total. The number of rotatable bonds is 8. The molecule has 1 saturated heterocycles. The fourth-order valence-electron chi connectivity index (χ4n) is 4.62. The van der Waals surface area contributed by atoms with Gasteiger partial charge in [0.1, 0.15) is 0 Å².